The Morgan fingerprint density at radius 3 is 2.67 bits per heavy atom. The average Bonchev–Trinajstić information content (AvgIpc) is 2.53. The van der Waals surface area contributed by atoms with Gasteiger partial charge in [-0.15, -0.1) is 0 Å². The van der Waals surface area contributed by atoms with Gasteiger partial charge in [0, 0.05) is 12.7 Å². The van der Waals surface area contributed by atoms with Gasteiger partial charge in [0.2, 0.25) is 0 Å². The normalized spacial score (nSPS) is 12.9. The first-order chi connectivity index (χ1) is 10.2. The molecule has 21 heavy (non-hydrogen) atoms. The summed E-state index contributed by atoms with van der Waals surface area (Å²) in [6.07, 6.45) is 0. The number of carbonyl (C=O) groups is 2. The molecule has 0 saturated carbocycles. The van der Waals surface area contributed by atoms with E-state index in [0.717, 1.165) is 5.69 Å². The van der Waals surface area contributed by atoms with Crippen molar-refractivity contribution in [3.8, 4) is 5.75 Å². The summed E-state index contributed by atoms with van der Waals surface area (Å²) in [5.74, 6) is 0.0163. The molecule has 106 valence electrons. The van der Waals surface area contributed by atoms with Crippen LogP contribution in [0.3, 0.4) is 0 Å². The second-order valence-corrected chi connectivity index (χ2v) is 4.72. The lowest BCUT2D eigenvalue weighted by atomic mass is 10.1. The van der Waals surface area contributed by atoms with Crippen molar-refractivity contribution in [1.82, 2.24) is 0 Å². The van der Waals surface area contributed by atoms with Crippen LogP contribution in [0.15, 0.2) is 48.5 Å². The van der Waals surface area contributed by atoms with Gasteiger partial charge < -0.3 is 15.0 Å². The van der Waals surface area contributed by atoms with Gasteiger partial charge in [-0.3, -0.25) is 9.59 Å². The van der Waals surface area contributed by atoms with Gasteiger partial charge in [0.05, 0.1) is 11.3 Å². The molecule has 2 aromatic carbocycles. The minimum absolute atomic E-state index is 0.0770. The van der Waals surface area contributed by atoms with Crippen molar-refractivity contribution in [2.24, 2.45) is 0 Å². The quantitative estimate of drug-likeness (QED) is 0.919. The van der Waals surface area contributed by atoms with E-state index in [1.807, 2.05) is 30.3 Å². The molecule has 0 saturated heterocycles. The summed E-state index contributed by atoms with van der Waals surface area (Å²) in [5.41, 5.74) is 1.75. The predicted octanol–water partition coefficient (Wildman–Crippen LogP) is 2.29. The Bertz CT molecular complexity index is 698. The Morgan fingerprint density at radius 1 is 1.14 bits per heavy atom. The van der Waals surface area contributed by atoms with Crippen LogP contribution in [0.1, 0.15) is 10.4 Å². The van der Waals surface area contributed by atoms with Crippen molar-refractivity contribution >= 4 is 23.2 Å². The molecular weight excluding hydrogens is 268 g/mol. The third-order valence-corrected chi connectivity index (χ3v) is 3.32. The van der Waals surface area contributed by atoms with Crippen molar-refractivity contribution in [3.63, 3.8) is 0 Å². The standard InChI is InChI=1S/C16H14N2O3/c1-18(11-6-3-2-4-7-11)16(20)12-8-5-9-13-15(12)21-10-14(19)17-13/h2-9H,10H2,1H3,(H,17,19). The smallest absolute Gasteiger partial charge is 0.262 e. The molecule has 2 amide bonds. The molecule has 5 heteroatoms. The van der Waals surface area contributed by atoms with Gasteiger partial charge in [-0.2, -0.15) is 0 Å². The minimum atomic E-state index is -0.219. The minimum Gasteiger partial charge on any atom is -0.481 e. The summed E-state index contributed by atoms with van der Waals surface area (Å²) in [4.78, 5) is 25.5. The topological polar surface area (TPSA) is 58.6 Å². The Morgan fingerprint density at radius 2 is 1.90 bits per heavy atom. The highest BCUT2D eigenvalue weighted by Crippen LogP contribution is 2.32. The van der Waals surface area contributed by atoms with Crippen molar-refractivity contribution in [2.45, 2.75) is 0 Å². The molecule has 0 unspecified atom stereocenters. The van der Waals surface area contributed by atoms with E-state index in [-0.39, 0.29) is 18.4 Å². The van der Waals surface area contributed by atoms with Crippen LogP contribution in [0.5, 0.6) is 5.75 Å². The number of para-hydroxylation sites is 2. The van der Waals surface area contributed by atoms with E-state index in [1.165, 1.54) is 0 Å². The van der Waals surface area contributed by atoms with E-state index in [0.29, 0.717) is 17.0 Å². The number of hydrogen-bond donors (Lipinski definition) is 1. The zero-order chi connectivity index (χ0) is 14.8. The number of ether oxygens (including phenoxy) is 1. The van der Waals surface area contributed by atoms with E-state index >= 15 is 0 Å². The lowest BCUT2D eigenvalue weighted by Gasteiger charge is -2.23. The van der Waals surface area contributed by atoms with Crippen LogP contribution in [0, 0.1) is 0 Å². The molecule has 0 atom stereocenters. The van der Waals surface area contributed by atoms with Crippen molar-refractivity contribution in [2.75, 3.05) is 23.9 Å². The molecule has 0 aliphatic carbocycles. The molecule has 1 heterocycles. The van der Waals surface area contributed by atoms with Crippen LogP contribution < -0.4 is 15.0 Å². The largest absolute Gasteiger partial charge is 0.481 e. The van der Waals surface area contributed by atoms with E-state index in [2.05, 4.69) is 5.32 Å². The molecule has 0 spiro atoms. The number of carbonyl (C=O) groups excluding carboxylic acids is 2. The number of anilines is 2. The molecule has 1 aliphatic rings. The molecule has 0 aromatic heterocycles. The molecular formula is C16H14N2O3. The molecule has 2 aromatic rings. The van der Waals surface area contributed by atoms with Gasteiger partial charge in [-0.25, -0.2) is 0 Å². The molecule has 5 nitrogen and oxygen atoms in total. The zero-order valence-corrected chi connectivity index (χ0v) is 11.5. The highest BCUT2D eigenvalue weighted by atomic mass is 16.5. The van der Waals surface area contributed by atoms with Crippen LogP contribution in [0.25, 0.3) is 0 Å². The van der Waals surface area contributed by atoms with Crippen molar-refractivity contribution in [1.29, 1.82) is 0 Å². The number of benzene rings is 2. The molecule has 0 radical (unpaired) electrons. The summed E-state index contributed by atoms with van der Waals surface area (Å²) in [5, 5.41) is 2.70. The maximum Gasteiger partial charge on any atom is 0.262 e. The van der Waals surface area contributed by atoms with E-state index in [4.69, 9.17) is 4.74 Å². The van der Waals surface area contributed by atoms with Crippen LogP contribution in [0.2, 0.25) is 0 Å². The van der Waals surface area contributed by atoms with E-state index < -0.39 is 0 Å². The van der Waals surface area contributed by atoms with Gasteiger partial charge in [0.1, 0.15) is 0 Å². The summed E-state index contributed by atoms with van der Waals surface area (Å²) in [7, 11) is 1.71. The van der Waals surface area contributed by atoms with Gasteiger partial charge in [0.25, 0.3) is 11.8 Å². The molecule has 3 rings (SSSR count). The maximum atomic E-state index is 12.6. The first-order valence-electron chi connectivity index (χ1n) is 6.55. The summed E-state index contributed by atoms with van der Waals surface area (Å²) in [6, 6.07) is 14.5. The van der Waals surface area contributed by atoms with Gasteiger partial charge in [0.15, 0.2) is 12.4 Å². The van der Waals surface area contributed by atoms with Crippen molar-refractivity contribution < 1.29 is 14.3 Å². The third-order valence-electron chi connectivity index (χ3n) is 3.32. The Hall–Kier alpha value is -2.82. The first-order valence-corrected chi connectivity index (χ1v) is 6.55. The fraction of sp³-hybridized carbons (Fsp3) is 0.125. The summed E-state index contributed by atoms with van der Waals surface area (Å²) < 4.78 is 5.41. The second-order valence-electron chi connectivity index (χ2n) is 4.72. The zero-order valence-electron chi connectivity index (χ0n) is 11.5. The number of amides is 2. The van der Waals surface area contributed by atoms with Crippen molar-refractivity contribution in [3.05, 3.63) is 54.1 Å². The monoisotopic (exact) mass is 282 g/mol. The predicted molar refractivity (Wildman–Crippen MR) is 79.7 cm³/mol. The van der Waals surface area contributed by atoms with Gasteiger partial charge >= 0.3 is 0 Å². The Labute approximate surface area is 122 Å². The van der Waals surface area contributed by atoms with E-state index in [1.54, 1.807) is 30.1 Å². The van der Waals surface area contributed by atoms with Crippen LogP contribution in [-0.2, 0) is 4.79 Å². The fourth-order valence-corrected chi connectivity index (χ4v) is 2.23. The number of nitrogens with one attached hydrogen (secondary N) is 1. The highest BCUT2D eigenvalue weighted by molar-refractivity contribution is 6.10. The molecule has 1 aliphatic heterocycles. The number of rotatable bonds is 2. The highest BCUT2D eigenvalue weighted by Gasteiger charge is 2.24. The van der Waals surface area contributed by atoms with Crippen LogP contribution >= 0.6 is 0 Å². The molecule has 1 N–H and O–H groups in total. The Kier molecular flexibility index (Phi) is 3.31. The lowest BCUT2D eigenvalue weighted by molar-refractivity contribution is -0.118. The molecule has 0 bridgehead atoms. The average molecular weight is 282 g/mol. The maximum absolute atomic E-state index is 12.6. The summed E-state index contributed by atoms with van der Waals surface area (Å²) in [6.45, 7) is -0.0770. The Balaban J connectivity index is 1.96. The SMILES string of the molecule is CN(C(=O)c1cccc2c1OCC(=O)N2)c1ccccc1. The van der Waals surface area contributed by atoms with E-state index in [9.17, 15) is 9.59 Å². The van der Waals surface area contributed by atoms with Gasteiger partial charge in [-0.1, -0.05) is 24.3 Å². The summed E-state index contributed by atoms with van der Waals surface area (Å²) >= 11 is 0. The lowest BCUT2D eigenvalue weighted by Crippen LogP contribution is -2.30. The fourth-order valence-electron chi connectivity index (χ4n) is 2.23. The number of hydrogen-bond acceptors (Lipinski definition) is 3. The van der Waals surface area contributed by atoms with Gasteiger partial charge in [-0.05, 0) is 24.3 Å². The first kappa shape index (κ1) is 13.2. The number of fused-ring (bicyclic) bond motifs is 1. The second kappa shape index (κ2) is 5.28. The van der Waals surface area contributed by atoms with Crippen LogP contribution in [0.4, 0.5) is 11.4 Å². The van der Waals surface area contributed by atoms with Crippen LogP contribution in [-0.4, -0.2) is 25.5 Å². The third kappa shape index (κ3) is 2.45. The number of nitrogens with zero attached hydrogens (tertiary/aromatic N) is 1. The molecule has 0 fully saturated rings.